The third-order valence-corrected chi connectivity index (χ3v) is 0.793. The second-order valence-corrected chi connectivity index (χ2v) is 1.35. The van der Waals surface area contributed by atoms with E-state index in [1.165, 1.54) is 0 Å². The highest BCUT2D eigenvalue weighted by Gasteiger charge is 1.87. The van der Waals surface area contributed by atoms with Gasteiger partial charge in [0.1, 0.15) is 0 Å². The minimum absolute atomic E-state index is 0.143. The molecule has 0 radical (unpaired) electrons. The van der Waals surface area contributed by atoms with Crippen molar-refractivity contribution in [2.75, 3.05) is 19.7 Å². The summed E-state index contributed by atoms with van der Waals surface area (Å²) in [4.78, 5) is 0. The van der Waals surface area contributed by atoms with Gasteiger partial charge in [-0.25, -0.2) is 5.01 Å². The fraction of sp³-hybridized carbons (Fsp3) is 1.00. The van der Waals surface area contributed by atoms with Crippen molar-refractivity contribution in [2.45, 2.75) is 6.92 Å². The van der Waals surface area contributed by atoms with Gasteiger partial charge in [0.05, 0.1) is 6.61 Å². The molecule has 0 unspecified atom stereocenters. The lowest BCUT2D eigenvalue weighted by molar-refractivity contribution is 0.205. The minimum Gasteiger partial charge on any atom is -0.395 e. The number of aliphatic hydroxyl groups is 1. The summed E-state index contributed by atoms with van der Waals surface area (Å²) in [7, 11) is 0. The van der Waals surface area contributed by atoms with E-state index in [1.54, 1.807) is 5.01 Å². The second-order valence-electron chi connectivity index (χ2n) is 1.35. The normalized spacial score (nSPS) is 10.3. The van der Waals surface area contributed by atoms with Crippen LogP contribution in [0.2, 0.25) is 0 Å². The van der Waals surface area contributed by atoms with E-state index >= 15 is 0 Å². The molecule has 0 heterocycles. The molecule has 0 spiro atoms. The maximum atomic E-state index is 8.25. The maximum Gasteiger partial charge on any atom is 0.0572 e. The summed E-state index contributed by atoms with van der Waals surface area (Å²) in [5, 5.41) is 9.80. The SMILES string of the molecule is CCN(N)CCO. The van der Waals surface area contributed by atoms with E-state index in [0.717, 1.165) is 6.54 Å². The third-order valence-electron chi connectivity index (χ3n) is 0.793. The first-order chi connectivity index (χ1) is 3.31. The molecule has 3 heteroatoms. The van der Waals surface area contributed by atoms with Crippen LogP contribution in [0.25, 0.3) is 0 Å². The zero-order chi connectivity index (χ0) is 5.70. The third kappa shape index (κ3) is 3.72. The van der Waals surface area contributed by atoms with Crippen LogP contribution in [0.4, 0.5) is 0 Å². The molecule has 3 N–H and O–H groups in total. The number of rotatable bonds is 3. The Bertz CT molecular complexity index is 40.7. The van der Waals surface area contributed by atoms with E-state index in [2.05, 4.69) is 0 Å². The Kier molecular flexibility index (Phi) is 3.98. The summed E-state index contributed by atoms with van der Waals surface area (Å²) in [6.07, 6.45) is 0. The number of hydrogen-bond acceptors (Lipinski definition) is 3. The molecule has 0 saturated carbocycles. The topological polar surface area (TPSA) is 49.5 Å². The molecule has 0 aliphatic carbocycles. The van der Waals surface area contributed by atoms with Gasteiger partial charge in [0.25, 0.3) is 0 Å². The molecule has 7 heavy (non-hydrogen) atoms. The summed E-state index contributed by atoms with van der Waals surface area (Å²) in [5.41, 5.74) is 0. The Morgan fingerprint density at radius 1 is 1.71 bits per heavy atom. The molecule has 0 aromatic carbocycles. The van der Waals surface area contributed by atoms with Gasteiger partial charge in [-0.15, -0.1) is 0 Å². The van der Waals surface area contributed by atoms with Crippen molar-refractivity contribution in [1.82, 2.24) is 5.01 Å². The van der Waals surface area contributed by atoms with E-state index < -0.39 is 0 Å². The summed E-state index contributed by atoms with van der Waals surface area (Å²) < 4.78 is 0. The van der Waals surface area contributed by atoms with Crippen LogP contribution in [0.5, 0.6) is 0 Å². The molecule has 0 atom stereocenters. The number of nitrogens with two attached hydrogens (primary N) is 1. The lowest BCUT2D eigenvalue weighted by Crippen LogP contribution is -2.33. The first-order valence-corrected chi connectivity index (χ1v) is 2.41. The predicted molar refractivity (Wildman–Crippen MR) is 28.5 cm³/mol. The van der Waals surface area contributed by atoms with Crippen LogP contribution in [0.1, 0.15) is 6.92 Å². The molecule has 0 aromatic heterocycles. The smallest absolute Gasteiger partial charge is 0.0572 e. The van der Waals surface area contributed by atoms with E-state index in [0.29, 0.717) is 6.54 Å². The van der Waals surface area contributed by atoms with Gasteiger partial charge < -0.3 is 5.11 Å². The fourth-order valence-corrected chi connectivity index (χ4v) is 0.287. The number of aliphatic hydroxyl groups excluding tert-OH is 1. The zero-order valence-electron chi connectivity index (χ0n) is 4.59. The summed E-state index contributed by atoms with van der Waals surface area (Å²) in [6.45, 7) is 3.44. The summed E-state index contributed by atoms with van der Waals surface area (Å²) >= 11 is 0. The molecule has 0 rings (SSSR count). The highest BCUT2D eigenvalue weighted by Crippen LogP contribution is 1.70. The highest BCUT2D eigenvalue weighted by atomic mass is 16.3. The van der Waals surface area contributed by atoms with Crippen molar-refractivity contribution in [1.29, 1.82) is 0 Å². The van der Waals surface area contributed by atoms with Gasteiger partial charge in [-0.05, 0) is 0 Å². The highest BCUT2D eigenvalue weighted by molar-refractivity contribution is 4.38. The molecule has 44 valence electrons. The Balaban J connectivity index is 2.83. The number of likely N-dealkylation sites (N-methyl/N-ethyl adjacent to an activating group) is 1. The van der Waals surface area contributed by atoms with Crippen molar-refractivity contribution in [3.63, 3.8) is 0 Å². The van der Waals surface area contributed by atoms with Gasteiger partial charge in [-0.1, -0.05) is 6.92 Å². The second kappa shape index (κ2) is 4.05. The van der Waals surface area contributed by atoms with Crippen LogP contribution in [-0.2, 0) is 0 Å². The molecular weight excluding hydrogens is 92.1 g/mol. The Morgan fingerprint density at radius 2 is 2.29 bits per heavy atom. The van der Waals surface area contributed by atoms with Crippen LogP contribution in [0, 0.1) is 0 Å². The van der Waals surface area contributed by atoms with Gasteiger partial charge in [-0.3, -0.25) is 5.84 Å². The molecule has 0 aliphatic heterocycles. The van der Waals surface area contributed by atoms with Crippen LogP contribution in [-0.4, -0.2) is 29.8 Å². The number of nitrogens with zero attached hydrogens (tertiary/aromatic N) is 1. The Morgan fingerprint density at radius 3 is 2.43 bits per heavy atom. The van der Waals surface area contributed by atoms with E-state index in [9.17, 15) is 0 Å². The average molecular weight is 104 g/mol. The maximum absolute atomic E-state index is 8.25. The quantitative estimate of drug-likeness (QED) is 0.363. The number of hydrogen-bond donors (Lipinski definition) is 2. The van der Waals surface area contributed by atoms with E-state index in [1.807, 2.05) is 6.92 Å². The zero-order valence-corrected chi connectivity index (χ0v) is 4.59. The van der Waals surface area contributed by atoms with Gasteiger partial charge in [-0.2, -0.15) is 0 Å². The van der Waals surface area contributed by atoms with Crippen molar-refractivity contribution in [3.05, 3.63) is 0 Å². The molecule has 0 aliphatic rings. The van der Waals surface area contributed by atoms with E-state index in [4.69, 9.17) is 10.9 Å². The monoisotopic (exact) mass is 104 g/mol. The summed E-state index contributed by atoms with van der Waals surface area (Å²) in [6, 6.07) is 0. The summed E-state index contributed by atoms with van der Waals surface area (Å²) in [5.74, 6) is 5.26. The van der Waals surface area contributed by atoms with Gasteiger partial charge in [0.2, 0.25) is 0 Å². The Hall–Kier alpha value is -0.120. The number of hydrazine groups is 1. The van der Waals surface area contributed by atoms with Crippen molar-refractivity contribution in [2.24, 2.45) is 5.84 Å². The fourth-order valence-electron chi connectivity index (χ4n) is 0.287. The van der Waals surface area contributed by atoms with Crippen molar-refractivity contribution >= 4 is 0 Å². The van der Waals surface area contributed by atoms with Gasteiger partial charge >= 0.3 is 0 Å². The average Bonchev–Trinajstić information content (AvgIpc) is 1.68. The van der Waals surface area contributed by atoms with Gasteiger partial charge in [0, 0.05) is 13.1 Å². The van der Waals surface area contributed by atoms with Gasteiger partial charge in [0.15, 0.2) is 0 Å². The van der Waals surface area contributed by atoms with Crippen molar-refractivity contribution in [3.8, 4) is 0 Å². The minimum atomic E-state index is 0.143. The van der Waals surface area contributed by atoms with Crippen LogP contribution in [0.3, 0.4) is 0 Å². The molecule has 0 saturated heterocycles. The molecule has 0 bridgehead atoms. The Labute approximate surface area is 43.7 Å². The molecule has 0 fully saturated rings. The molecule has 3 nitrogen and oxygen atoms in total. The molecule has 0 amide bonds. The molecule has 0 aromatic rings. The lowest BCUT2D eigenvalue weighted by atomic mass is 10.6. The van der Waals surface area contributed by atoms with Crippen LogP contribution >= 0.6 is 0 Å². The molecular formula is C4H12N2O. The van der Waals surface area contributed by atoms with E-state index in [-0.39, 0.29) is 6.61 Å². The largest absolute Gasteiger partial charge is 0.395 e. The van der Waals surface area contributed by atoms with Crippen LogP contribution in [0.15, 0.2) is 0 Å². The van der Waals surface area contributed by atoms with Crippen LogP contribution < -0.4 is 5.84 Å². The standard InChI is InChI=1S/C4H12N2O/c1-2-6(5)3-4-7/h7H,2-5H2,1H3. The first-order valence-electron chi connectivity index (χ1n) is 2.41. The predicted octanol–water partition coefficient (Wildman–Crippen LogP) is -0.826. The lowest BCUT2D eigenvalue weighted by Gasteiger charge is -2.09. The first kappa shape index (κ1) is 6.88. The van der Waals surface area contributed by atoms with Crippen molar-refractivity contribution < 1.29 is 5.11 Å².